The minimum Gasteiger partial charge on any atom is -0.496 e. The molecule has 148 valence electrons. The normalized spacial score (nSPS) is 13.4. The maximum atomic E-state index is 5.60. The van der Waals surface area contributed by atoms with Crippen LogP contribution in [0, 0.1) is 0 Å². The molecule has 0 aliphatic heterocycles. The number of hydrogen-bond acceptors (Lipinski definition) is 2. The summed E-state index contributed by atoms with van der Waals surface area (Å²) in [5.41, 5.74) is 9.81. The van der Waals surface area contributed by atoms with Crippen LogP contribution in [0.5, 0.6) is 5.75 Å². The molecule has 2 nitrogen and oxygen atoms in total. The molecule has 1 aliphatic rings. The molecule has 0 unspecified atom stereocenters. The molecule has 0 atom stereocenters. The predicted molar refractivity (Wildman–Crippen MR) is 126 cm³/mol. The molecule has 0 saturated heterocycles. The van der Waals surface area contributed by atoms with Crippen molar-refractivity contribution in [3.05, 3.63) is 102 Å². The largest absolute Gasteiger partial charge is 0.496 e. The maximum Gasteiger partial charge on any atom is 0.126 e. The van der Waals surface area contributed by atoms with Gasteiger partial charge < -0.3 is 10.1 Å². The molecule has 2 heteroatoms. The fourth-order valence-corrected chi connectivity index (χ4v) is 4.58. The molecule has 0 bridgehead atoms. The topological polar surface area (TPSA) is 21.3 Å². The van der Waals surface area contributed by atoms with Gasteiger partial charge in [0.2, 0.25) is 0 Å². The van der Waals surface area contributed by atoms with Gasteiger partial charge in [0.05, 0.1) is 7.11 Å². The van der Waals surface area contributed by atoms with Crippen LogP contribution in [0.2, 0.25) is 0 Å². The van der Waals surface area contributed by atoms with E-state index in [0.717, 1.165) is 28.3 Å². The first-order chi connectivity index (χ1) is 14.6. The highest BCUT2D eigenvalue weighted by Gasteiger charge is 2.35. The van der Waals surface area contributed by atoms with E-state index in [-0.39, 0.29) is 5.41 Å². The van der Waals surface area contributed by atoms with E-state index in [1.807, 2.05) is 12.1 Å². The number of nitrogens with one attached hydrogen (secondary N) is 1. The Morgan fingerprint density at radius 2 is 1.30 bits per heavy atom. The molecular weight excluding hydrogens is 366 g/mol. The van der Waals surface area contributed by atoms with Gasteiger partial charge in [-0.1, -0.05) is 74.5 Å². The second-order valence-corrected chi connectivity index (χ2v) is 8.34. The van der Waals surface area contributed by atoms with Crippen molar-refractivity contribution in [2.24, 2.45) is 0 Å². The maximum absolute atomic E-state index is 5.60. The zero-order valence-corrected chi connectivity index (χ0v) is 17.6. The van der Waals surface area contributed by atoms with Crippen LogP contribution in [0.4, 0.5) is 11.4 Å². The summed E-state index contributed by atoms with van der Waals surface area (Å²) in [6, 6.07) is 32.0. The van der Waals surface area contributed by atoms with E-state index in [1.54, 1.807) is 7.11 Å². The summed E-state index contributed by atoms with van der Waals surface area (Å²) in [7, 11) is 1.72. The smallest absolute Gasteiger partial charge is 0.126 e. The summed E-state index contributed by atoms with van der Waals surface area (Å²) < 4.78 is 5.60. The quantitative estimate of drug-likeness (QED) is 0.391. The third-order valence-corrected chi connectivity index (χ3v) is 6.16. The Labute approximate surface area is 178 Å². The molecule has 0 radical (unpaired) electrons. The minimum absolute atomic E-state index is 0.00127. The fourth-order valence-electron chi connectivity index (χ4n) is 4.58. The van der Waals surface area contributed by atoms with Gasteiger partial charge in [-0.15, -0.1) is 0 Å². The van der Waals surface area contributed by atoms with E-state index in [2.05, 4.69) is 98.0 Å². The number of anilines is 2. The van der Waals surface area contributed by atoms with Crippen molar-refractivity contribution >= 4 is 11.4 Å². The standard InChI is InChI=1S/C28H25NO/c1-28(2)25-12-8-7-11-22(25)23-15-13-21(18-26(23)28)29-20-14-16-27(30-3)24(17-20)19-9-5-4-6-10-19/h4-18,29H,1-3H3. The molecule has 1 aliphatic carbocycles. The van der Waals surface area contributed by atoms with E-state index in [4.69, 9.17) is 4.74 Å². The summed E-state index contributed by atoms with van der Waals surface area (Å²) in [5.74, 6) is 0.872. The van der Waals surface area contributed by atoms with E-state index in [9.17, 15) is 0 Å². The number of rotatable bonds is 4. The van der Waals surface area contributed by atoms with Crippen molar-refractivity contribution in [2.45, 2.75) is 19.3 Å². The molecule has 30 heavy (non-hydrogen) atoms. The second-order valence-electron chi connectivity index (χ2n) is 8.34. The monoisotopic (exact) mass is 391 g/mol. The van der Waals surface area contributed by atoms with Crippen LogP contribution in [0.3, 0.4) is 0 Å². The van der Waals surface area contributed by atoms with Gasteiger partial charge in [-0.25, -0.2) is 0 Å². The molecule has 4 aromatic carbocycles. The Balaban J connectivity index is 1.52. The second kappa shape index (κ2) is 7.07. The van der Waals surface area contributed by atoms with Gasteiger partial charge in [0.15, 0.2) is 0 Å². The number of hydrogen-bond donors (Lipinski definition) is 1. The average Bonchev–Trinajstić information content (AvgIpc) is 3.01. The van der Waals surface area contributed by atoms with Crippen LogP contribution in [-0.2, 0) is 5.41 Å². The summed E-state index contributed by atoms with van der Waals surface area (Å²) in [6.07, 6.45) is 0. The highest BCUT2D eigenvalue weighted by molar-refractivity contribution is 5.83. The first-order valence-corrected chi connectivity index (χ1v) is 10.3. The molecule has 0 aromatic heterocycles. The Bertz CT molecular complexity index is 1220. The Hall–Kier alpha value is -3.52. The van der Waals surface area contributed by atoms with Crippen molar-refractivity contribution in [2.75, 3.05) is 12.4 Å². The van der Waals surface area contributed by atoms with E-state index in [1.165, 1.54) is 22.3 Å². The molecule has 0 heterocycles. The third-order valence-electron chi connectivity index (χ3n) is 6.16. The third kappa shape index (κ3) is 2.96. The van der Waals surface area contributed by atoms with Crippen LogP contribution >= 0.6 is 0 Å². The van der Waals surface area contributed by atoms with Gasteiger partial charge in [0, 0.05) is 22.4 Å². The van der Waals surface area contributed by atoms with Crippen LogP contribution in [0.1, 0.15) is 25.0 Å². The number of ether oxygens (including phenoxy) is 1. The van der Waals surface area contributed by atoms with Crippen molar-refractivity contribution < 1.29 is 4.74 Å². The van der Waals surface area contributed by atoms with Gasteiger partial charge in [-0.2, -0.15) is 0 Å². The summed E-state index contributed by atoms with van der Waals surface area (Å²) >= 11 is 0. The van der Waals surface area contributed by atoms with E-state index < -0.39 is 0 Å². The highest BCUT2D eigenvalue weighted by Crippen LogP contribution is 2.49. The number of methoxy groups -OCH3 is 1. The van der Waals surface area contributed by atoms with Gasteiger partial charge in [-0.3, -0.25) is 0 Å². The number of benzene rings is 4. The Morgan fingerprint density at radius 1 is 0.633 bits per heavy atom. The van der Waals surface area contributed by atoms with Crippen LogP contribution in [0.25, 0.3) is 22.3 Å². The molecule has 1 N–H and O–H groups in total. The Kier molecular flexibility index (Phi) is 4.36. The molecule has 0 saturated carbocycles. The molecule has 5 rings (SSSR count). The van der Waals surface area contributed by atoms with Crippen molar-refractivity contribution in [1.29, 1.82) is 0 Å². The SMILES string of the molecule is COc1ccc(Nc2ccc3c(c2)C(C)(C)c2ccccc2-3)cc1-c1ccccc1. The van der Waals surface area contributed by atoms with Gasteiger partial charge >= 0.3 is 0 Å². The lowest BCUT2D eigenvalue weighted by molar-refractivity contribution is 0.416. The lowest BCUT2D eigenvalue weighted by atomic mass is 9.82. The van der Waals surface area contributed by atoms with E-state index in [0.29, 0.717) is 0 Å². The summed E-state index contributed by atoms with van der Waals surface area (Å²) in [4.78, 5) is 0. The molecular formula is C28H25NO. The Morgan fingerprint density at radius 3 is 2.10 bits per heavy atom. The molecule has 0 spiro atoms. The predicted octanol–water partition coefficient (Wildman–Crippen LogP) is 7.41. The zero-order valence-electron chi connectivity index (χ0n) is 17.6. The first kappa shape index (κ1) is 18.5. The molecule has 0 amide bonds. The van der Waals surface area contributed by atoms with E-state index >= 15 is 0 Å². The average molecular weight is 392 g/mol. The van der Waals surface area contributed by atoms with Crippen molar-refractivity contribution in [1.82, 2.24) is 0 Å². The van der Waals surface area contributed by atoms with Crippen LogP contribution in [0.15, 0.2) is 91.0 Å². The van der Waals surface area contributed by atoms with Gasteiger partial charge in [0.1, 0.15) is 5.75 Å². The molecule has 4 aromatic rings. The van der Waals surface area contributed by atoms with Crippen LogP contribution < -0.4 is 10.1 Å². The van der Waals surface area contributed by atoms with Crippen LogP contribution in [-0.4, -0.2) is 7.11 Å². The lowest BCUT2D eigenvalue weighted by Gasteiger charge is -2.22. The zero-order chi connectivity index (χ0) is 20.7. The summed E-state index contributed by atoms with van der Waals surface area (Å²) in [5, 5.41) is 3.60. The highest BCUT2D eigenvalue weighted by atomic mass is 16.5. The summed E-state index contributed by atoms with van der Waals surface area (Å²) in [6.45, 7) is 4.62. The number of fused-ring (bicyclic) bond motifs is 3. The fraction of sp³-hybridized carbons (Fsp3) is 0.143. The lowest BCUT2D eigenvalue weighted by Crippen LogP contribution is -2.15. The van der Waals surface area contributed by atoms with Gasteiger partial charge in [-0.05, 0) is 58.1 Å². The first-order valence-electron chi connectivity index (χ1n) is 10.3. The minimum atomic E-state index is -0.00127. The van der Waals surface area contributed by atoms with Crippen molar-refractivity contribution in [3.63, 3.8) is 0 Å². The molecule has 0 fully saturated rings. The van der Waals surface area contributed by atoms with Gasteiger partial charge in [0.25, 0.3) is 0 Å². The van der Waals surface area contributed by atoms with Crippen molar-refractivity contribution in [3.8, 4) is 28.0 Å².